The van der Waals surface area contributed by atoms with Crippen LogP contribution in [-0.4, -0.2) is 19.9 Å². The molecule has 10 heteroatoms. The summed E-state index contributed by atoms with van der Waals surface area (Å²) in [6, 6.07) is 15.3. The Morgan fingerprint density at radius 1 is 0.654 bits per heavy atom. The van der Waals surface area contributed by atoms with Crippen LogP contribution in [0.2, 0.25) is 0 Å². The number of non-ortho nitro benzene ring substituents is 3. The molecule has 0 aliphatic heterocycles. The van der Waals surface area contributed by atoms with Gasteiger partial charge in [-0.1, -0.05) is 36.4 Å². The molecule has 10 nitrogen and oxygen atoms in total. The van der Waals surface area contributed by atoms with E-state index in [-0.39, 0.29) is 0 Å². The van der Waals surface area contributed by atoms with Crippen molar-refractivity contribution in [3.05, 3.63) is 91.0 Å². The maximum atomic E-state index is 10.3. The van der Waals surface area contributed by atoms with Crippen LogP contribution in [0.1, 0.15) is 0 Å². The van der Waals surface area contributed by atoms with Crippen molar-refractivity contribution in [3.8, 4) is 5.75 Å². The Balaban J connectivity index is 0.000000195. The van der Waals surface area contributed by atoms with Gasteiger partial charge in [-0.2, -0.15) is 0 Å². The summed E-state index contributed by atoms with van der Waals surface area (Å²) in [5.74, 6) is 0.350. The minimum absolute atomic E-state index is 0.350. The maximum Gasteiger partial charge on any atom is 0.283 e. The molecule has 0 saturated carbocycles. The lowest BCUT2D eigenvalue weighted by Crippen LogP contribution is -1.96. The molecule has 0 radical (unpaired) electrons. The topological polar surface area (TPSA) is 150 Å². The third-order valence-electron chi connectivity index (χ3n) is 3.29. The summed E-state index contributed by atoms with van der Waals surface area (Å²) >= 11 is 0. The van der Waals surface area contributed by atoms with E-state index in [1.807, 2.05) is 36.4 Å². The minimum Gasteiger partial charge on any atom is -0.507 e. The Bertz CT molecular complexity index is 920. The Hall–Kier alpha value is -4.08. The molecular formula is C16H11N3O7. The van der Waals surface area contributed by atoms with Gasteiger partial charge < -0.3 is 5.11 Å². The van der Waals surface area contributed by atoms with Crippen molar-refractivity contribution in [3.63, 3.8) is 0 Å². The average molecular weight is 357 g/mol. The fraction of sp³-hybridized carbons (Fsp3) is 0. The van der Waals surface area contributed by atoms with Gasteiger partial charge in [0.15, 0.2) is 0 Å². The van der Waals surface area contributed by atoms with Gasteiger partial charge in [-0.3, -0.25) is 30.3 Å². The number of hydrogen-bond donors (Lipinski definition) is 1. The summed E-state index contributed by atoms with van der Waals surface area (Å²) in [6.45, 7) is 0. The van der Waals surface area contributed by atoms with E-state index in [2.05, 4.69) is 0 Å². The van der Waals surface area contributed by atoms with Crippen LogP contribution >= 0.6 is 0 Å². The second kappa shape index (κ2) is 7.66. The number of aromatic hydroxyl groups is 1. The summed E-state index contributed by atoms with van der Waals surface area (Å²) in [6.07, 6.45) is 0. The Morgan fingerprint density at radius 2 is 1.08 bits per heavy atom. The van der Waals surface area contributed by atoms with Crippen molar-refractivity contribution >= 4 is 27.8 Å². The van der Waals surface area contributed by atoms with Crippen molar-refractivity contribution in [2.24, 2.45) is 0 Å². The second-order valence-electron chi connectivity index (χ2n) is 4.98. The smallest absolute Gasteiger partial charge is 0.283 e. The Kier molecular flexibility index (Phi) is 5.38. The van der Waals surface area contributed by atoms with E-state index in [9.17, 15) is 35.4 Å². The molecule has 132 valence electrons. The fourth-order valence-electron chi connectivity index (χ4n) is 2.10. The van der Waals surface area contributed by atoms with Gasteiger partial charge >= 0.3 is 0 Å². The first-order valence-corrected chi connectivity index (χ1v) is 7.04. The van der Waals surface area contributed by atoms with Gasteiger partial charge in [0.25, 0.3) is 17.1 Å². The van der Waals surface area contributed by atoms with Crippen molar-refractivity contribution in [1.82, 2.24) is 0 Å². The molecule has 1 N–H and O–H groups in total. The molecule has 0 aliphatic carbocycles. The van der Waals surface area contributed by atoms with Crippen LogP contribution in [0.3, 0.4) is 0 Å². The molecule has 3 aromatic carbocycles. The number of hydrogen-bond acceptors (Lipinski definition) is 7. The average Bonchev–Trinajstić information content (AvgIpc) is 2.62. The number of nitrogens with zero attached hydrogens (tertiary/aromatic N) is 3. The van der Waals surface area contributed by atoms with Crippen molar-refractivity contribution in [2.45, 2.75) is 0 Å². The predicted octanol–water partition coefficient (Wildman–Crippen LogP) is 3.96. The van der Waals surface area contributed by atoms with Crippen LogP contribution in [-0.2, 0) is 0 Å². The summed E-state index contributed by atoms with van der Waals surface area (Å²) in [5, 5.41) is 42.3. The SMILES string of the molecule is O=[N+]([O-])c1cc([N+](=O)[O-])cc([N+](=O)[O-])c1.Oc1cccc2ccccc12. The number of nitro groups is 3. The highest BCUT2D eigenvalue weighted by molar-refractivity contribution is 5.87. The van der Waals surface area contributed by atoms with Crippen molar-refractivity contribution in [1.29, 1.82) is 0 Å². The quantitative estimate of drug-likeness (QED) is 0.550. The van der Waals surface area contributed by atoms with Gasteiger partial charge in [-0.05, 0) is 11.5 Å². The highest BCUT2D eigenvalue weighted by Gasteiger charge is 2.21. The zero-order chi connectivity index (χ0) is 19.3. The van der Waals surface area contributed by atoms with Gasteiger partial charge in [-0.15, -0.1) is 0 Å². The van der Waals surface area contributed by atoms with Gasteiger partial charge in [0.05, 0.1) is 33.0 Å². The first kappa shape index (κ1) is 18.3. The monoisotopic (exact) mass is 357 g/mol. The maximum absolute atomic E-state index is 10.3. The van der Waals surface area contributed by atoms with E-state index >= 15 is 0 Å². The van der Waals surface area contributed by atoms with Gasteiger partial charge in [0, 0.05) is 5.39 Å². The molecule has 0 spiro atoms. The second-order valence-corrected chi connectivity index (χ2v) is 4.98. The highest BCUT2D eigenvalue weighted by atomic mass is 16.6. The van der Waals surface area contributed by atoms with Crippen molar-refractivity contribution in [2.75, 3.05) is 0 Å². The molecule has 0 amide bonds. The number of phenols is 1. The molecule has 0 fully saturated rings. The minimum atomic E-state index is -0.931. The molecule has 26 heavy (non-hydrogen) atoms. The van der Waals surface area contributed by atoms with Crippen molar-refractivity contribution < 1.29 is 19.9 Å². The van der Waals surface area contributed by atoms with Crippen LogP contribution in [0.5, 0.6) is 5.75 Å². The zero-order valence-corrected chi connectivity index (χ0v) is 13.0. The van der Waals surface area contributed by atoms with Crippen LogP contribution in [0.4, 0.5) is 17.1 Å². The Morgan fingerprint density at radius 3 is 1.50 bits per heavy atom. The molecule has 0 atom stereocenters. The Labute approximate surface area is 145 Å². The number of fused-ring (bicyclic) bond motifs is 1. The molecule has 3 aromatic rings. The molecule has 0 saturated heterocycles. The largest absolute Gasteiger partial charge is 0.507 e. The number of nitro benzene ring substituents is 3. The van der Waals surface area contributed by atoms with Crippen LogP contribution < -0.4 is 0 Å². The summed E-state index contributed by atoms with van der Waals surface area (Å²) in [7, 11) is 0. The summed E-state index contributed by atoms with van der Waals surface area (Å²) in [5.41, 5.74) is -2.05. The predicted molar refractivity (Wildman–Crippen MR) is 92.0 cm³/mol. The van der Waals surface area contributed by atoms with E-state index in [1.54, 1.807) is 6.07 Å². The van der Waals surface area contributed by atoms with E-state index in [1.165, 1.54) is 0 Å². The highest BCUT2D eigenvalue weighted by Crippen LogP contribution is 2.27. The third-order valence-corrected chi connectivity index (χ3v) is 3.29. The van der Waals surface area contributed by atoms with E-state index in [0.717, 1.165) is 10.8 Å². The molecular weight excluding hydrogens is 346 g/mol. The molecule has 0 aromatic heterocycles. The van der Waals surface area contributed by atoms with E-state index in [4.69, 9.17) is 0 Å². The van der Waals surface area contributed by atoms with Gasteiger partial charge in [0.1, 0.15) is 5.75 Å². The fourth-order valence-corrected chi connectivity index (χ4v) is 2.10. The lowest BCUT2D eigenvalue weighted by atomic mass is 10.1. The normalized spacial score (nSPS) is 9.85. The van der Waals surface area contributed by atoms with Crippen LogP contribution in [0.25, 0.3) is 10.8 Å². The number of phenolic OH excluding ortho intramolecular Hbond substituents is 1. The molecule has 0 heterocycles. The van der Waals surface area contributed by atoms with E-state index < -0.39 is 31.8 Å². The van der Waals surface area contributed by atoms with Gasteiger partial charge in [-0.25, -0.2) is 0 Å². The van der Waals surface area contributed by atoms with Gasteiger partial charge in [0.2, 0.25) is 0 Å². The lowest BCUT2D eigenvalue weighted by molar-refractivity contribution is -0.403. The summed E-state index contributed by atoms with van der Waals surface area (Å²) in [4.78, 5) is 28.1. The molecule has 0 bridgehead atoms. The van der Waals surface area contributed by atoms with Crippen LogP contribution in [0, 0.1) is 30.3 Å². The lowest BCUT2D eigenvalue weighted by Gasteiger charge is -1.97. The first-order chi connectivity index (χ1) is 12.3. The van der Waals surface area contributed by atoms with E-state index in [0.29, 0.717) is 23.9 Å². The zero-order valence-electron chi connectivity index (χ0n) is 13.0. The molecule has 0 aliphatic rings. The molecule has 0 unspecified atom stereocenters. The molecule has 3 rings (SSSR count). The first-order valence-electron chi connectivity index (χ1n) is 7.04. The number of rotatable bonds is 3. The third kappa shape index (κ3) is 4.26. The van der Waals surface area contributed by atoms with Crippen LogP contribution in [0.15, 0.2) is 60.7 Å². The summed E-state index contributed by atoms with van der Waals surface area (Å²) < 4.78 is 0. The number of benzene rings is 3. The standard InChI is InChI=1S/C10H8O.C6H3N3O6/c11-10-7-3-5-8-4-1-2-6-9(8)10;10-7(11)4-1-5(8(12)13)3-6(2-4)9(14)15/h1-7,11H;1-3H.